The number of hydrogen-bond acceptors (Lipinski definition) is 6. The van der Waals surface area contributed by atoms with E-state index in [1.807, 2.05) is 18.2 Å². The first-order chi connectivity index (χ1) is 12.7. The molecule has 3 aromatic rings. The number of benzene rings is 2. The van der Waals surface area contributed by atoms with Crippen LogP contribution in [0.15, 0.2) is 60.7 Å². The quantitative estimate of drug-likeness (QED) is 0.708. The second-order valence-corrected chi connectivity index (χ2v) is 5.32. The topological polar surface area (TPSA) is 85.4 Å². The van der Waals surface area contributed by atoms with Crippen molar-refractivity contribution in [3.05, 3.63) is 66.2 Å². The molecule has 0 spiro atoms. The Balaban J connectivity index is 1.69. The largest absolute Gasteiger partial charge is 0.497 e. The van der Waals surface area contributed by atoms with Crippen molar-refractivity contribution in [3.63, 3.8) is 0 Å². The highest BCUT2D eigenvalue weighted by atomic mass is 16.5. The van der Waals surface area contributed by atoms with Crippen LogP contribution < -0.4 is 20.1 Å². The van der Waals surface area contributed by atoms with Gasteiger partial charge in [-0.3, -0.25) is 4.79 Å². The fourth-order valence-corrected chi connectivity index (χ4v) is 2.28. The first-order valence-corrected chi connectivity index (χ1v) is 7.89. The molecule has 0 bridgehead atoms. The maximum atomic E-state index is 12.1. The van der Waals surface area contributed by atoms with Gasteiger partial charge in [0.2, 0.25) is 0 Å². The van der Waals surface area contributed by atoms with Crippen molar-refractivity contribution in [1.82, 2.24) is 10.2 Å². The van der Waals surface area contributed by atoms with Gasteiger partial charge in [0.05, 0.1) is 19.9 Å². The highest BCUT2D eigenvalue weighted by Gasteiger charge is 2.08. The van der Waals surface area contributed by atoms with Crippen LogP contribution in [0.25, 0.3) is 0 Å². The Kier molecular flexibility index (Phi) is 5.28. The Morgan fingerprint density at radius 1 is 0.885 bits per heavy atom. The molecule has 0 fully saturated rings. The van der Waals surface area contributed by atoms with Crippen LogP contribution in [0.4, 0.5) is 17.3 Å². The number of anilines is 3. The number of nitrogens with zero attached hydrogens (tertiary/aromatic N) is 2. The van der Waals surface area contributed by atoms with E-state index in [1.54, 1.807) is 56.7 Å². The molecular weight excluding hydrogens is 332 g/mol. The number of carbonyl (C=O) groups excluding carboxylic acids is 1. The summed E-state index contributed by atoms with van der Waals surface area (Å²) in [4.78, 5) is 12.1. The summed E-state index contributed by atoms with van der Waals surface area (Å²) >= 11 is 0. The first-order valence-electron chi connectivity index (χ1n) is 7.89. The van der Waals surface area contributed by atoms with Gasteiger partial charge >= 0.3 is 0 Å². The highest BCUT2D eigenvalue weighted by Crippen LogP contribution is 2.30. The fraction of sp³-hybridized carbons (Fsp3) is 0.105. The lowest BCUT2D eigenvalue weighted by atomic mass is 10.2. The molecule has 0 aliphatic heterocycles. The summed E-state index contributed by atoms with van der Waals surface area (Å²) in [6.07, 6.45) is 0. The lowest BCUT2D eigenvalue weighted by molar-refractivity contribution is 0.102. The van der Waals surface area contributed by atoms with Crippen LogP contribution in [0, 0.1) is 0 Å². The van der Waals surface area contributed by atoms with Crippen LogP contribution in [0.5, 0.6) is 11.5 Å². The van der Waals surface area contributed by atoms with Crippen LogP contribution in [-0.2, 0) is 0 Å². The molecule has 7 heteroatoms. The Morgan fingerprint density at radius 3 is 2.27 bits per heavy atom. The molecule has 1 heterocycles. The number of carbonyl (C=O) groups is 1. The van der Waals surface area contributed by atoms with E-state index in [-0.39, 0.29) is 5.91 Å². The van der Waals surface area contributed by atoms with E-state index in [0.717, 1.165) is 5.69 Å². The lowest BCUT2D eigenvalue weighted by Crippen LogP contribution is -2.13. The smallest absolute Gasteiger partial charge is 0.256 e. The molecule has 26 heavy (non-hydrogen) atoms. The minimum atomic E-state index is -0.238. The van der Waals surface area contributed by atoms with Crippen molar-refractivity contribution in [2.24, 2.45) is 0 Å². The molecule has 3 rings (SSSR count). The summed E-state index contributed by atoms with van der Waals surface area (Å²) in [6, 6.07) is 17.7. The molecule has 2 aromatic carbocycles. The van der Waals surface area contributed by atoms with Gasteiger partial charge < -0.3 is 20.1 Å². The summed E-state index contributed by atoms with van der Waals surface area (Å²) < 4.78 is 10.5. The maximum Gasteiger partial charge on any atom is 0.256 e. The van der Waals surface area contributed by atoms with E-state index in [0.29, 0.717) is 28.7 Å². The van der Waals surface area contributed by atoms with Crippen molar-refractivity contribution in [2.45, 2.75) is 0 Å². The summed E-state index contributed by atoms with van der Waals surface area (Å²) in [5.74, 6) is 1.96. The second kappa shape index (κ2) is 7.98. The predicted octanol–water partition coefficient (Wildman–Crippen LogP) is 3.49. The van der Waals surface area contributed by atoms with Crippen molar-refractivity contribution in [2.75, 3.05) is 24.9 Å². The minimum absolute atomic E-state index is 0.238. The van der Waals surface area contributed by atoms with Gasteiger partial charge in [-0.15, -0.1) is 10.2 Å². The molecule has 0 saturated heterocycles. The van der Waals surface area contributed by atoms with Crippen LogP contribution in [0.3, 0.4) is 0 Å². The van der Waals surface area contributed by atoms with Crippen LogP contribution in [0.1, 0.15) is 10.4 Å². The van der Waals surface area contributed by atoms with Crippen LogP contribution in [-0.4, -0.2) is 30.3 Å². The van der Waals surface area contributed by atoms with Crippen molar-refractivity contribution >= 4 is 23.2 Å². The molecular formula is C19H18N4O3. The van der Waals surface area contributed by atoms with Crippen LogP contribution in [0.2, 0.25) is 0 Å². The molecule has 0 unspecified atom stereocenters. The van der Waals surface area contributed by atoms with Gasteiger partial charge in [-0.2, -0.15) is 0 Å². The average molecular weight is 350 g/mol. The summed E-state index contributed by atoms with van der Waals surface area (Å²) in [5, 5.41) is 13.9. The average Bonchev–Trinajstić information content (AvgIpc) is 2.70. The number of nitrogens with one attached hydrogen (secondary N) is 2. The van der Waals surface area contributed by atoms with E-state index in [4.69, 9.17) is 9.47 Å². The first kappa shape index (κ1) is 17.2. The Bertz CT molecular complexity index is 883. The monoisotopic (exact) mass is 350 g/mol. The van der Waals surface area contributed by atoms with Gasteiger partial charge in [-0.25, -0.2) is 0 Å². The van der Waals surface area contributed by atoms with Gasteiger partial charge in [-0.05, 0) is 36.4 Å². The van der Waals surface area contributed by atoms with Crippen molar-refractivity contribution in [1.29, 1.82) is 0 Å². The molecule has 0 aliphatic carbocycles. The van der Waals surface area contributed by atoms with Gasteiger partial charge in [0.25, 0.3) is 5.91 Å². The number of ether oxygens (including phenoxy) is 2. The number of amides is 1. The lowest BCUT2D eigenvalue weighted by Gasteiger charge is -2.12. The van der Waals surface area contributed by atoms with E-state index >= 15 is 0 Å². The Hall–Kier alpha value is -3.61. The second-order valence-electron chi connectivity index (χ2n) is 5.32. The standard InChI is InChI=1S/C19H18N4O3/c1-25-14-8-9-15(16(12-14)26-2)20-17-10-11-18(23-22-17)21-19(24)13-6-4-3-5-7-13/h3-12H,1-2H3,(H,20,22)(H,21,23,24). The maximum absolute atomic E-state index is 12.1. The third-order valence-electron chi connectivity index (χ3n) is 3.61. The molecule has 1 aromatic heterocycles. The van der Waals surface area contributed by atoms with Gasteiger partial charge in [-0.1, -0.05) is 18.2 Å². The van der Waals surface area contributed by atoms with Gasteiger partial charge in [0.1, 0.15) is 11.5 Å². The number of hydrogen-bond donors (Lipinski definition) is 2. The minimum Gasteiger partial charge on any atom is -0.497 e. The zero-order valence-corrected chi connectivity index (χ0v) is 14.4. The summed E-state index contributed by atoms with van der Waals surface area (Å²) in [7, 11) is 3.17. The van der Waals surface area contributed by atoms with E-state index in [9.17, 15) is 4.79 Å². The molecule has 2 N–H and O–H groups in total. The van der Waals surface area contributed by atoms with E-state index < -0.39 is 0 Å². The van der Waals surface area contributed by atoms with Gasteiger partial charge in [0.15, 0.2) is 11.6 Å². The van der Waals surface area contributed by atoms with E-state index in [2.05, 4.69) is 20.8 Å². The molecule has 132 valence electrons. The number of aromatic nitrogens is 2. The molecule has 0 aliphatic rings. The Labute approximate surface area is 151 Å². The molecule has 0 atom stereocenters. The Morgan fingerprint density at radius 2 is 1.62 bits per heavy atom. The molecule has 7 nitrogen and oxygen atoms in total. The van der Waals surface area contributed by atoms with E-state index in [1.165, 1.54) is 0 Å². The molecule has 0 saturated carbocycles. The number of methoxy groups -OCH3 is 2. The van der Waals surface area contributed by atoms with Crippen LogP contribution >= 0.6 is 0 Å². The normalized spacial score (nSPS) is 10.1. The SMILES string of the molecule is COc1ccc(Nc2ccc(NC(=O)c3ccccc3)nn2)c(OC)c1. The number of rotatable bonds is 6. The van der Waals surface area contributed by atoms with Crippen molar-refractivity contribution in [3.8, 4) is 11.5 Å². The summed E-state index contributed by atoms with van der Waals surface area (Å²) in [5.41, 5.74) is 1.28. The molecule has 0 radical (unpaired) electrons. The van der Waals surface area contributed by atoms with Crippen molar-refractivity contribution < 1.29 is 14.3 Å². The third kappa shape index (κ3) is 4.07. The zero-order chi connectivity index (χ0) is 18.4. The summed E-state index contributed by atoms with van der Waals surface area (Å²) in [6.45, 7) is 0. The van der Waals surface area contributed by atoms with Gasteiger partial charge in [0, 0.05) is 11.6 Å². The third-order valence-corrected chi connectivity index (χ3v) is 3.61. The molecule has 1 amide bonds. The predicted molar refractivity (Wildman–Crippen MR) is 99.3 cm³/mol. The zero-order valence-electron chi connectivity index (χ0n) is 14.4. The highest BCUT2D eigenvalue weighted by molar-refractivity contribution is 6.03. The fourth-order valence-electron chi connectivity index (χ4n) is 2.28.